The maximum absolute atomic E-state index is 12.3. The summed E-state index contributed by atoms with van der Waals surface area (Å²) in [4.78, 5) is 24.4. The summed E-state index contributed by atoms with van der Waals surface area (Å²) >= 11 is 0. The highest BCUT2D eigenvalue weighted by Crippen LogP contribution is 2.34. The number of carbonyl (C=O) groups is 1. The topological polar surface area (TPSA) is 76.0 Å². The van der Waals surface area contributed by atoms with Gasteiger partial charge < -0.3 is 14.9 Å². The number of nitrogens with zero attached hydrogens (tertiary/aromatic N) is 3. The molecule has 7 heteroatoms. The van der Waals surface area contributed by atoms with Crippen molar-refractivity contribution in [2.75, 3.05) is 38.2 Å². The fraction of sp³-hybridized carbons (Fsp3) is 0.588. The Morgan fingerprint density at radius 2 is 2.46 bits per heavy atom. The highest BCUT2D eigenvalue weighted by atomic mass is 16.7. The lowest BCUT2D eigenvalue weighted by Gasteiger charge is -2.23. The number of nitrogens with one attached hydrogen (secondary N) is 1. The zero-order chi connectivity index (χ0) is 16.4. The van der Waals surface area contributed by atoms with Crippen molar-refractivity contribution < 1.29 is 14.4 Å². The molecule has 1 aromatic heterocycles. The predicted molar refractivity (Wildman–Crippen MR) is 88.7 cm³/mol. The molecule has 3 aliphatic rings. The largest absolute Gasteiger partial charge is 0.387 e. The van der Waals surface area contributed by atoms with Crippen LogP contribution in [0.3, 0.4) is 0 Å². The number of ether oxygens (including phenoxy) is 1. The summed E-state index contributed by atoms with van der Waals surface area (Å²) in [6.45, 7) is 4.60. The van der Waals surface area contributed by atoms with E-state index in [0.717, 1.165) is 45.7 Å². The van der Waals surface area contributed by atoms with Gasteiger partial charge in [-0.2, -0.15) is 0 Å². The number of pyridine rings is 1. The second kappa shape index (κ2) is 6.49. The van der Waals surface area contributed by atoms with Gasteiger partial charge in [-0.3, -0.25) is 14.7 Å². The number of hydrogen-bond acceptors (Lipinski definition) is 6. The van der Waals surface area contributed by atoms with Gasteiger partial charge in [0.15, 0.2) is 5.60 Å². The van der Waals surface area contributed by atoms with E-state index in [9.17, 15) is 4.79 Å². The van der Waals surface area contributed by atoms with Crippen LogP contribution in [0.2, 0.25) is 0 Å². The number of amides is 1. The first-order valence-electron chi connectivity index (χ1n) is 8.49. The molecular weight excluding hydrogens is 308 g/mol. The van der Waals surface area contributed by atoms with E-state index < -0.39 is 0 Å². The maximum Gasteiger partial charge on any atom is 0.273 e. The van der Waals surface area contributed by atoms with Crippen LogP contribution in [0.1, 0.15) is 19.3 Å². The van der Waals surface area contributed by atoms with Crippen LogP contribution >= 0.6 is 0 Å². The smallest absolute Gasteiger partial charge is 0.273 e. The molecule has 24 heavy (non-hydrogen) atoms. The first-order valence-corrected chi connectivity index (χ1v) is 8.49. The summed E-state index contributed by atoms with van der Waals surface area (Å²) in [5, 5.41) is 6.88. The van der Waals surface area contributed by atoms with Crippen LogP contribution in [-0.2, 0) is 14.4 Å². The third-order valence-electron chi connectivity index (χ3n) is 4.96. The van der Waals surface area contributed by atoms with Gasteiger partial charge in [0.05, 0.1) is 18.5 Å². The van der Waals surface area contributed by atoms with Gasteiger partial charge in [0.2, 0.25) is 0 Å². The van der Waals surface area contributed by atoms with E-state index in [1.165, 1.54) is 0 Å². The molecule has 128 valence electrons. The molecule has 0 aliphatic carbocycles. The van der Waals surface area contributed by atoms with E-state index in [4.69, 9.17) is 9.57 Å². The molecule has 4 rings (SSSR count). The van der Waals surface area contributed by atoms with Crippen LogP contribution in [0.25, 0.3) is 0 Å². The van der Waals surface area contributed by atoms with Crippen molar-refractivity contribution in [1.82, 2.24) is 9.88 Å². The minimum absolute atomic E-state index is 0.206. The number of aromatic nitrogens is 1. The summed E-state index contributed by atoms with van der Waals surface area (Å²) in [6, 6.07) is 3.59. The second-order valence-electron chi connectivity index (χ2n) is 6.90. The van der Waals surface area contributed by atoms with Gasteiger partial charge in [0.1, 0.15) is 5.71 Å². The monoisotopic (exact) mass is 330 g/mol. The molecule has 3 aliphatic heterocycles. The zero-order valence-electron chi connectivity index (χ0n) is 13.6. The van der Waals surface area contributed by atoms with Crippen LogP contribution in [0, 0.1) is 5.92 Å². The lowest BCUT2D eigenvalue weighted by molar-refractivity contribution is -0.110. The Morgan fingerprint density at radius 1 is 1.50 bits per heavy atom. The molecule has 1 spiro atoms. The minimum atomic E-state index is -0.332. The average molecular weight is 330 g/mol. The molecule has 2 atom stereocenters. The van der Waals surface area contributed by atoms with Gasteiger partial charge in [-0.15, -0.1) is 0 Å². The number of hydrogen-bond donors (Lipinski definition) is 1. The number of anilines is 1. The Hall–Kier alpha value is -1.99. The molecule has 1 N–H and O–H groups in total. The predicted octanol–water partition coefficient (Wildman–Crippen LogP) is 1.28. The SMILES string of the molecule is O=C(Nc1cccnc1)C1=NOC2(CCN(CC3CCOC3)C2)C1. The van der Waals surface area contributed by atoms with E-state index in [-0.39, 0.29) is 11.5 Å². The Morgan fingerprint density at radius 3 is 3.25 bits per heavy atom. The van der Waals surface area contributed by atoms with Gasteiger partial charge in [-0.25, -0.2) is 0 Å². The Bertz CT molecular complexity index is 630. The van der Waals surface area contributed by atoms with E-state index >= 15 is 0 Å². The Kier molecular flexibility index (Phi) is 4.20. The highest BCUT2D eigenvalue weighted by Gasteiger charge is 2.46. The van der Waals surface area contributed by atoms with Crippen molar-refractivity contribution in [3.8, 4) is 0 Å². The third-order valence-corrected chi connectivity index (χ3v) is 4.96. The average Bonchev–Trinajstić information content (AvgIpc) is 3.32. The van der Waals surface area contributed by atoms with Gasteiger partial charge in [-0.05, 0) is 24.5 Å². The minimum Gasteiger partial charge on any atom is -0.387 e. The number of likely N-dealkylation sites (tertiary alicyclic amines) is 1. The molecule has 2 unspecified atom stereocenters. The van der Waals surface area contributed by atoms with Crippen molar-refractivity contribution in [3.63, 3.8) is 0 Å². The molecule has 0 bridgehead atoms. The summed E-state index contributed by atoms with van der Waals surface area (Å²) in [7, 11) is 0. The van der Waals surface area contributed by atoms with Crippen molar-refractivity contribution in [1.29, 1.82) is 0 Å². The third kappa shape index (κ3) is 3.27. The number of oxime groups is 1. The molecule has 2 fully saturated rings. The first-order chi connectivity index (χ1) is 11.7. The quantitative estimate of drug-likeness (QED) is 0.900. The molecule has 7 nitrogen and oxygen atoms in total. The number of carbonyl (C=O) groups excluding carboxylic acids is 1. The van der Waals surface area contributed by atoms with E-state index in [2.05, 4.69) is 20.4 Å². The van der Waals surface area contributed by atoms with Crippen molar-refractivity contribution >= 4 is 17.3 Å². The summed E-state index contributed by atoms with van der Waals surface area (Å²) < 4.78 is 5.45. The molecule has 0 radical (unpaired) electrons. The molecule has 4 heterocycles. The van der Waals surface area contributed by atoms with Crippen LogP contribution in [0.5, 0.6) is 0 Å². The first kappa shape index (κ1) is 15.5. The molecule has 0 saturated carbocycles. The molecule has 1 aromatic rings. The zero-order valence-corrected chi connectivity index (χ0v) is 13.6. The van der Waals surface area contributed by atoms with Gasteiger partial charge in [0, 0.05) is 45.3 Å². The molecule has 1 amide bonds. The van der Waals surface area contributed by atoms with E-state index in [1.54, 1.807) is 24.5 Å². The Balaban J connectivity index is 1.31. The molecule has 0 aromatic carbocycles. The van der Waals surface area contributed by atoms with Crippen molar-refractivity contribution in [2.45, 2.75) is 24.9 Å². The number of rotatable bonds is 4. The molecular formula is C17H22N4O3. The van der Waals surface area contributed by atoms with Gasteiger partial charge in [0.25, 0.3) is 5.91 Å². The normalized spacial score (nSPS) is 29.7. The highest BCUT2D eigenvalue weighted by molar-refractivity contribution is 6.43. The van der Waals surface area contributed by atoms with Crippen LogP contribution in [0.15, 0.2) is 29.7 Å². The van der Waals surface area contributed by atoms with E-state index in [1.807, 2.05) is 0 Å². The summed E-state index contributed by atoms with van der Waals surface area (Å²) in [5.41, 5.74) is 0.798. The molecule has 2 saturated heterocycles. The van der Waals surface area contributed by atoms with Gasteiger partial charge in [-0.1, -0.05) is 5.16 Å². The van der Waals surface area contributed by atoms with Crippen LogP contribution < -0.4 is 5.32 Å². The summed E-state index contributed by atoms with van der Waals surface area (Å²) in [6.07, 6.45) is 5.90. The fourth-order valence-corrected chi connectivity index (χ4v) is 3.68. The Labute approximate surface area is 141 Å². The van der Waals surface area contributed by atoms with Crippen molar-refractivity contribution in [3.05, 3.63) is 24.5 Å². The van der Waals surface area contributed by atoms with Crippen LogP contribution in [0.4, 0.5) is 5.69 Å². The van der Waals surface area contributed by atoms with Crippen LogP contribution in [-0.4, -0.2) is 60.0 Å². The van der Waals surface area contributed by atoms with E-state index in [0.29, 0.717) is 23.7 Å². The fourth-order valence-electron chi connectivity index (χ4n) is 3.68. The summed E-state index contributed by atoms with van der Waals surface area (Å²) in [5.74, 6) is 0.415. The lowest BCUT2D eigenvalue weighted by atomic mass is 9.96. The van der Waals surface area contributed by atoms with Gasteiger partial charge >= 0.3 is 0 Å². The van der Waals surface area contributed by atoms with Crippen molar-refractivity contribution in [2.24, 2.45) is 11.1 Å². The second-order valence-corrected chi connectivity index (χ2v) is 6.90. The maximum atomic E-state index is 12.3. The standard InChI is InChI=1S/C17H22N4O3/c22-16(19-14-2-1-5-18-9-14)15-8-17(24-20-15)4-6-21(12-17)10-13-3-7-23-11-13/h1-2,5,9,13H,3-4,6-8,10-12H2,(H,19,22). The lowest BCUT2D eigenvalue weighted by Crippen LogP contribution is -2.36.